The lowest BCUT2D eigenvalue weighted by molar-refractivity contribution is 0.0130. The van der Waals surface area contributed by atoms with Gasteiger partial charge in [-0.1, -0.05) is 13.8 Å². The standard InChI is InChI=1S/C25H33FN6O2/c1-15(2)19-13-32(20-10-18(26)8-9-27-20)23-21(19)22(28-14-29-23)30-11-17(4)31(12-16(30)3)24(33)34-25(5,6)7/h8-10,13-17H,11-12H2,1-7H3/t16-,17+/m0/s1. The van der Waals surface area contributed by atoms with Gasteiger partial charge in [-0.3, -0.25) is 4.57 Å². The Kier molecular flexibility index (Phi) is 6.22. The minimum Gasteiger partial charge on any atom is -0.444 e. The molecule has 2 atom stereocenters. The highest BCUT2D eigenvalue weighted by molar-refractivity contribution is 5.93. The van der Waals surface area contributed by atoms with Crippen molar-refractivity contribution in [2.24, 2.45) is 0 Å². The molecule has 4 rings (SSSR count). The molecule has 0 N–H and O–H groups in total. The predicted molar refractivity (Wildman–Crippen MR) is 130 cm³/mol. The molecule has 0 unspecified atom stereocenters. The Morgan fingerprint density at radius 3 is 2.53 bits per heavy atom. The molecule has 3 aromatic rings. The molecule has 0 aromatic carbocycles. The summed E-state index contributed by atoms with van der Waals surface area (Å²) in [5.41, 5.74) is 1.20. The van der Waals surface area contributed by atoms with Gasteiger partial charge in [0, 0.05) is 43.6 Å². The minimum atomic E-state index is -0.546. The smallest absolute Gasteiger partial charge is 0.410 e. The summed E-state index contributed by atoms with van der Waals surface area (Å²) in [6.45, 7) is 15.1. The summed E-state index contributed by atoms with van der Waals surface area (Å²) in [7, 11) is 0. The fourth-order valence-electron chi connectivity index (χ4n) is 4.43. The summed E-state index contributed by atoms with van der Waals surface area (Å²) in [5.74, 6) is 1.12. The number of rotatable bonds is 3. The maximum atomic E-state index is 14.0. The lowest BCUT2D eigenvalue weighted by Crippen LogP contribution is -2.59. The largest absolute Gasteiger partial charge is 0.444 e. The van der Waals surface area contributed by atoms with Crippen molar-refractivity contribution in [2.45, 2.75) is 72.1 Å². The van der Waals surface area contributed by atoms with E-state index in [-0.39, 0.29) is 29.9 Å². The number of hydrogen-bond acceptors (Lipinski definition) is 6. The first kappa shape index (κ1) is 23.9. The van der Waals surface area contributed by atoms with Gasteiger partial charge in [0.2, 0.25) is 0 Å². The SMILES string of the molecule is CC(C)c1cn(-c2cc(F)ccn2)c2ncnc(N3C[C@@H](C)N(C(=O)OC(C)(C)C)C[C@@H]3C)c12. The quantitative estimate of drug-likeness (QED) is 0.544. The number of piperazine rings is 1. The van der Waals surface area contributed by atoms with Crippen molar-refractivity contribution in [2.75, 3.05) is 18.0 Å². The molecule has 1 aliphatic heterocycles. The normalized spacial score (nSPS) is 19.2. The molecule has 0 saturated carbocycles. The highest BCUT2D eigenvalue weighted by atomic mass is 19.1. The van der Waals surface area contributed by atoms with Gasteiger partial charge in [-0.05, 0) is 52.2 Å². The van der Waals surface area contributed by atoms with Crippen LogP contribution in [0.1, 0.15) is 59.9 Å². The Bertz CT molecular complexity index is 1200. The molecular formula is C25H33FN6O2. The molecule has 0 spiro atoms. The molecular weight excluding hydrogens is 435 g/mol. The van der Waals surface area contributed by atoms with Crippen molar-refractivity contribution in [3.8, 4) is 5.82 Å². The van der Waals surface area contributed by atoms with Crippen LogP contribution in [-0.4, -0.2) is 61.3 Å². The second-order valence-corrected chi connectivity index (χ2v) is 10.3. The number of carbonyl (C=O) groups is 1. The zero-order valence-corrected chi connectivity index (χ0v) is 20.9. The Balaban J connectivity index is 1.75. The maximum absolute atomic E-state index is 14.0. The molecule has 0 bridgehead atoms. The summed E-state index contributed by atoms with van der Waals surface area (Å²) >= 11 is 0. The van der Waals surface area contributed by atoms with Crippen LogP contribution >= 0.6 is 0 Å². The van der Waals surface area contributed by atoms with Gasteiger partial charge >= 0.3 is 6.09 Å². The third-order valence-electron chi connectivity index (χ3n) is 6.05. The summed E-state index contributed by atoms with van der Waals surface area (Å²) in [4.78, 5) is 30.4. The predicted octanol–water partition coefficient (Wildman–Crippen LogP) is 4.91. The van der Waals surface area contributed by atoms with Crippen LogP contribution in [0.25, 0.3) is 16.9 Å². The van der Waals surface area contributed by atoms with Crippen molar-refractivity contribution in [1.82, 2.24) is 24.4 Å². The second kappa shape index (κ2) is 8.85. The van der Waals surface area contributed by atoms with E-state index in [0.29, 0.717) is 24.6 Å². The van der Waals surface area contributed by atoms with Crippen LogP contribution in [0.5, 0.6) is 0 Å². The number of pyridine rings is 1. The Hall–Kier alpha value is -3.23. The van der Waals surface area contributed by atoms with Crippen LogP contribution in [0.2, 0.25) is 0 Å². The van der Waals surface area contributed by atoms with Crippen molar-refractivity contribution < 1.29 is 13.9 Å². The van der Waals surface area contributed by atoms with Crippen LogP contribution in [0.3, 0.4) is 0 Å². The van der Waals surface area contributed by atoms with Gasteiger partial charge in [-0.15, -0.1) is 0 Å². The monoisotopic (exact) mass is 468 g/mol. The van der Waals surface area contributed by atoms with E-state index in [1.165, 1.54) is 24.7 Å². The molecule has 1 aliphatic rings. The molecule has 4 heterocycles. The highest BCUT2D eigenvalue weighted by Gasteiger charge is 2.36. The highest BCUT2D eigenvalue weighted by Crippen LogP contribution is 2.36. The van der Waals surface area contributed by atoms with E-state index < -0.39 is 5.60 Å². The summed E-state index contributed by atoms with van der Waals surface area (Å²) in [6, 6.07) is 2.67. The average molecular weight is 469 g/mol. The van der Waals surface area contributed by atoms with Crippen LogP contribution in [0.4, 0.5) is 15.0 Å². The molecule has 9 heteroatoms. The lowest BCUT2D eigenvalue weighted by atomic mass is 10.0. The Morgan fingerprint density at radius 2 is 1.88 bits per heavy atom. The summed E-state index contributed by atoms with van der Waals surface area (Å²) in [5, 5.41) is 0.924. The minimum absolute atomic E-state index is 0.0116. The second-order valence-electron chi connectivity index (χ2n) is 10.3. The number of ether oxygens (including phenoxy) is 1. The first-order valence-electron chi connectivity index (χ1n) is 11.7. The molecule has 3 aromatic heterocycles. The molecule has 1 saturated heterocycles. The number of fused-ring (bicyclic) bond motifs is 1. The van der Waals surface area contributed by atoms with Crippen LogP contribution < -0.4 is 4.90 Å². The first-order valence-corrected chi connectivity index (χ1v) is 11.7. The van der Waals surface area contributed by atoms with Crippen LogP contribution in [-0.2, 0) is 4.74 Å². The van der Waals surface area contributed by atoms with Crippen molar-refractivity contribution in [3.05, 3.63) is 42.2 Å². The molecule has 1 amide bonds. The molecule has 0 radical (unpaired) electrons. The van der Waals surface area contributed by atoms with Gasteiger partial charge in [0.25, 0.3) is 0 Å². The number of halogens is 1. The fourth-order valence-corrected chi connectivity index (χ4v) is 4.43. The lowest BCUT2D eigenvalue weighted by Gasteiger charge is -2.44. The van der Waals surface area contributed by atoms with Crippen LogP contribution in [0, 0.1) is 5.82 Å². The van der Waals surface area contributed by atoms with E-state index in [0.717, 1.165) is 16.8 Å². The van der Waals surface area contributed by atoms with E-state index in [2.05, 4.69) is 40.6 Å². The van der Waals surface area contributed by atoms with E-state index in [9.17, 15) is 9.18 Å². The zero-order valence-electron chi connectivity index (χ0n) is 20.9. The van der Waals surface area contributed by atoms with E-state index in [1.807, 2.05) is 38.5 Å². The number of nitrogens with zero attached hydrogens (tertiary/aromatic N) is 6. The molecule has 34 heavy (non-hydrogen) atoms. The average Bonchev–Trinajstić information content (AvgIpc) is 3.14. The van der Waals surface area contributed by atoms with Gasteiger partial charge in [0.1, 0.15) is 29.4 Å². The van der Waals surface area contributed by atoms with E-state index in [1.54, 1.807) is 4.90 Å². The zero-order chi connectivity index (χ0) is 24.8. The number of anilines is 1. The number of hydrogen-bond donors (Lipinski definition) is 0. The van der Waals surface area contributed by atoms with Crippen molar-refractivity contribution >= 4 is 22.9 Å². The number of amides is 1. The van der Waals surface area contributed by atoms with Gasteiger partial charge < -0.3 is 14.5 Å². The maximum Gasteiger partial charge on any atom is 0.410 e. The molecule has 8 nitrogen and oxygen atoms in total. The van der Waals surface area contributed by atoms with Gasteiger partial charge in [-0.25, -0.2) is 24.1 Å². The van der Waals surface area contributed by atoms with Crippen molar-refractivity contribution in [3.63, 3.8) is 0 Å². The third kappa shape index (κ3) is 4.56. The molecule has 1 fully saturated rings. The number of aromatic nitrogens is 4. The van der Waals surface area contributed by atoms with Gasteiger partial charge in [-0.2, -0.15) is 0 Å². The molecule has 182 valence electrons. The Morgan fingerprint density at radius 1 is 1.15 bits per heavy atom. The molecule has 0 aliphatic carbocycles. The Labute approximate surface area is 199 Å². The third-order valence-corrected chi connectivity index (χ3v) is 6.05. The van der Waals surface area contributed by atoms with Crippen LogP contribution in [0.15, 0.2) is 30.9 Å². The van der Waals surface area contributed by atoms with Gasteiger partial charge in [0.05, 0.1) is 5.39 Å². The number of carbonyl (C=O) groups excluding carboxylic acids is 1. The summed E-state index contributed by atoms with van der Waals surface area (Å²) < 4.78 is 21.4. The topological polar surface area (TPSA) is 76.4 Å². The van der Waals surface area contributed by atoms with E-state index in [4.69, 9.17) is 4.74 Å². The first-order chi connectivity index (χ1) is 16.0. The summed E-state index contributed by atoms with van der Waals surface area (Å²) in [6.07, 6.45) is 4.66. The van der Waals surface area contributed by atoms with Gasteiger partial charge in [0.15, 0.2) is 5.65 Å². The van der Waals surface area contributed by atoms with E-state index >= 15 is 0 Å². The van der Waals surface area contributed by atoms with Crippen molar-refractivity contribution in [1.29, 1.82) is 0 Å². The fraction of sp³-hybridized carbons (Fsp3) is 0.520.